The average molecular weight is 267 g/mol. The maximum atomic E-state index is 11.0. The second kappa shape index (κ2) is 4.93. The number of hydrogen-bond donors (Lipinski definition) is 0. The molecule has 3 aromatic rings. The third-order valence-corrected chi connectivity index (χ3v) is 2.91. The largest absolute Gasteiger partial charge is 0.311 e. The van der Waals surface area contributed by atoms with Crippen molar-refractivity contribution in [3.63, 3.8) is 0 Å². The van der Waals surface area contributed by atoms with Crippen molar-refractivity contribution in [3.05, 3.63) is 77.4 Å². The van der Waals surface area contributed by atoms with Crippen LogP contribution < -0.4 is 4.57 Å². The van der Waals surface area contributed by atoms with Crippen LogP contribution in [0.3, 0.4) is 0 Å². The first-order valence-electron chi connectivity index (χ1n) is 6.01. The highest BCUT2D eigenvalue weighted by Crippen LogP contribution is 2.20. The standard InChI is InChI=1S/C14H11N4O2/c19-18(20)14-9-5-4-8-13(14)17-11-16(10-15-17)12-6-2-1-3-7-12/h1-11H/q+1. The number of nitro groups is 1. The Hall–Kier alpha value is -3.02. The van der Waals surface area contributed by atoms with E-state index in [4.69, 9.17) is 0 Å². The molecule has 0 aliphatic heterocycles. The minimum atomic E-state index is -0.413. The van der Waals surface area contributed by atoms with Gasteiger partial charge >= 0.3 is 5.69 Å². The molecule has 0 aliphatic carbocycles. The summed E-state index contributed by atoms with van der Waals surface area (Å²) in [5, 5.41) is 15.2. The van der Waals surface area contributed by atoms with Crippen molar-refractivity contribution >= 4 is 5.69 Å². The molecule has 0 amide bonds. The van der Waals surface area contributed by atoms with Gasteiger partial charge in [0.1, 0.15) is 5.69 Å². The van der Waals surface area contributed by atoms with Gasteiger partial charge in [0.25, 0.3) is 6.33 Å². The maximum Gasteiger partial charge on any atom is 0.311 e. The van der Waals surface area contributed by atoms with Crippen molar-refractivity contribution in [1.29, 1.82) is 0 Å². The normalized spacial score (nSPS) is 10.4. The summed E-state index contributed by atoms with van der Waals surface area (Å²) < 4.78 is 3.29. The molecule has 6 heteroatoms. The van der Waals surface area contributed by atoms with Crippen LogP contribution in [-0.2, 0) is 0 Å². The van der Waals surface area contributed by atoms with Crippen LogP contribution in [0.5, 0.6) is 0 Å². The Morgan fingerprint density at radius 1 is 1.05 bits per heavy atom. The summed E-state index contributed by atoms with van der Waals surface area (Å²) in [4.78, 5) is 10.6. The van der Waals surface area contributed by atoms with Crippen LogP contribution in [0.25, 0.3) is 11.4 Å². The van der Waals surface area contributed by atoms with Gasteiger partial charge in [-0.1, -0.05) is 35.0 Å². The molecule has 0 atom stereocenters. The number of nitro benzene ring substituents is 1. The predicted molar refractivity (Wildman–Crippen MR) is 71.8 cm³/mol. The lowest BCUT2D eigenvalue weighted by atomic mass is 10.3. The molecular formula is C14H11N4O2+. The molecular weight excluding hydrogens is 256 g/mol. The van der Waals surface area contributed by atoms with Gasteiger partial charge in [-0.2, -0.15) is 0 Å². The van der Waals surface area contributed by atoms with Crippen molar-refractivity contribution in [2.75, 3.05) is 0 Å². The Kier molecular flexibility index (Phi) is 2.96. The number of hydrogen-bond acceptors (Lipinski definition) is 3. The van der Waals surface area contributed by atoms with E-state index in [0.717, 1.165) is 5.69 Å². The molecule has 0 spiro atoms. The molecule has 2 aromatic carbocycles. The number of aromatic nitrogens is 3. The molecule has 20 heavy (non-hydrogen) atoms. The van der Waals surface area contributed by atoms with Crippen molar-refractivity contribution in [2.45, 2.75) is 0 Å². The average Bonchev–Trinajstić information content (AvgIpc) is 2.98. The highest BCUT2D eigenvalue weighted by atomic mass is 16.6. The van der Waals surface area contributed by atoms with Crippen LogP contribution in [0.1, 0.15) is 0 Å². The summed E-state index contributed by atoms with van der Waals surface area (Å²) in [6, 6.07) is 16.2. The van der Waals surface area contributed by atoms with Gasteiger partial charge in [0.2, 0.25) is 12.0 Å². The van der Waals surface area contributed by atoms with Crippen molar-refractivity contribution < 1.29 is 9.49 Å². The second-order valence-corrected chi connectivity index (χ2v) is 4.18. The highest BCUT2D eigenvalue weighted by Gasteiger charge is 2.20. The molecule has 0 fully saturated rings. The van der Waals surface area contributed by atoms with Crippen LogP contribution in [0.4, 0.5) is 5.69 Å². The number of benzene rings is 2. The van der Waals surface area contributed by atoms with E-state index in [0.29, 0.717) is 5.69 Å². The second-order valence-electron chi connectivity index (χ2n) is 4.18. The molecule has 0 bridgehead atoms. The molecule has 6 nitrogen and oxygen atoms in total. The monoisotopic (exact) mass is 267 g/mol. The summed E-state index contributed by atoms with van der Waals surface area (Å²) in [5.41, 5.74) is 1.40. The molecule has 98 valence electrons. The lowest BCUT2D eigenvalue weighted by molar-refractivity contribution is -0.596. The Balaban J connectivity index is 2.05. The van der Waals surface area contributed by atoms with Crippen molar-refractivity contribution in [1.82, 2.24) is 9.78 Å². The maximum absolute atomic E-state index is 11.0. The third-order valence-electron chi connectivity index (χ3n) is 2.91. The van der Waals surface area contributed by atoms with E-state index >= 15 is 0 Å². The molecule has 0 saturated heterocycles. The Bertz CT molecular complexity index is 753. The highest BCUT2D eigenvalue weighted by molar-refractivity contribution is 5.51. The van der Waals surface area contributed by atoms with Gasteiger partial charge < -0.3 is 0 Å². The van der Waals surface area contributed by atoms with E-state index < -0.39 is 4.92 Å². The van der Waals surface area contributed by atoms with Gasteiger partial charge in [-0.25, -0.2) is 4.57 Å². The molecule has 1 heterocycles. The smallest absolute Gasteiger partial charge is 0.258 e. The first-order valence-corrected chi connectivity index (χ1v) is 6.01. The van der Waals surface area contributed by atoms with Crippen LogP contribution in [0.2, 0.25) is 0 Å². The van der Waals surface area contributed by atoms with E-state index in [2.05, 4.69) is 5.10 Å². The van der Waals surface area contributed by atoms with Crippen LogP contribution in [0.15, 0.2) is 67.3 Å². The fraction of sp³-hybridized carbons (Fsp3) is 0. The fourth-order valence-corrected chi connectivity index (χ4v) is 1.96. The van der Waals surface area contributed by atoms with Crippen LogP contribution in [-0.4, -0.2) is 14.7 Å². The zero-order chi connectivity index (χ0) is 13.9. The lowest BCUT2D eigenvalue weighted by Gasteiger charge is -1.96. The summed E-state index contributed by atoms with van der Waals surface area (Å²) >= 11 is 0. The molecule has 0 radical (unpaired) electrons. The van der Waals surface area contributed by atoms with Crippen LogP contribution >= 0.6 is 0 Å². The molecule has 1 aromatic heterocycles. The Morgan fingerprint density at radius 2 is 1.75 bits per heavy atom. The van der Waals surface area contributed by atoms with Crippen molar-refractivity contribution in [2.24, 2.45) is 0 Å². The Labute approximate surface area is 114 Å². The van der Waals surface area contributed by atoms with Gasteiger partial charge in [-0.05, 0) is 18.2 Å². The topological polar surface area (TPSA) is 64.8 Å². The summed E-state index contributed by atoms with van der Waals surface area (Å²) in [6.45, 7) is 0. The zero-order valence-electron chi connectivity index (χ0n) is 10.5. The fourth-order valence-electron chi connectivity index (χ4n) is 1.96. The Morgan fingerprint density at radius 3 is 2.50 bits per heavy atom. The molecule has 0 saturated carbocycles. The van der Waals surface area contributed by atoms with Gasteiger partial charge in [-0.3, -0.25) is 10.1 Å². The predicted octanol–water partition coefficient (Wildman–Crippen LogP) is 2.06. The zero-order valence-corrected chi connectivity index (χ0v) is 10.5. The van der Waals surface area contributed by atoms with E-state index in [-0.39, 0.29) is 5.69 Å². The van der Waals surface area contributed by atoms with Gasteiger partial charge in [-0.15, -0.1) is 0 Å². The minimum Gasteiger partial charge on any atom is -0.258 e. The number of para-hydroxylation sites is 3. The molecule has 3 rings (SSSR count). The molecule has 0 aliphatic rings. The summed E-state index contributed by atoms with van der Waals surface area (Å²) in [6.07, 6.45) is 3.32. The number of rotatable bonds is 3. The van der Waals surface area contributed by atoms with Gasteiger partial charge in [0, 0.05) is 11.2 Å². The van der Waals surface area contributed by atoms with E-state index in [1.54, 1.807) is 35.4 Å². The number of nitrogens with zero attached hydrogens (tertiary/aromatic N) is 4. The van der Waals surface area contributed by atoms with Gasteiger partial charge in [0.15, 0.2) is 0 Å². The van der Waals surface area contributed by atoms with Gasteiger partial charge in [0.05, 0.1) is 4.92 Å². The summed E-state index contributed by atoms with van der Waals surface area (Å²) in [5.74, 6) is 0. The minimum absolute atomic E-state index is 0.0239. The molecule has 0 unspecified atom stereocenters. The molecule has 0 N–H and O–H groups in total. The van der Waals surface area contributed by atoms with E-state index in [9.17, 15) is 10.1 Å². The third kappa shape index (κ3) is 2.14. The summed E-state index contributed by atoms with van der Waals surface area (Å²) in [7, 11) is 0. The van der Waals surface area contributed by atoms with E-state index in [1.165, 1.54) is 10.7 Å². The van der Waals surface area contributed by atoms with Crippen molar-refractivity contribution in [3.8, 4) is 11.4 Å². The van der Waals surface area contributed by atoms with E-state index in [1.807, 2.05) is 30.3 Å². The first-order chi connectivity index (χ1) is 9.75. The first kappa shape index (κ1) is 12.0. The lowest BCUT2D eigenvalue weighted by Crippen LogP contribution is -2.27. The van der Waals surface area contributed by atoms with Crippen LogP contribution in [0, 0.1) is 10.1 Å². The quantitative estimate of drug-likeness (QED) is 0.414. The SMILES string of the molecule is O=[N+]([O-])c1ccccc1-n1c[n+](-c2ccccc2)cn1.